The molecule has 9 heteroatoms. The maximum absolute atomic E-state index is 12.5. The van der Waals surface area contributed by atoms with Crippen LogP contribution in [0.25, 0.3) is 28.1 Å². The summed E-state index contributed by atoms with van der Waals surface area (Å²) in [6, 6.07) is 8.63. The molecule has 0 aliphatic carbocycles. The molecule has 172 valence electrons. The van der Waals surface area contributed by atoms with E-state index in [1.54, 1.807) is 31.5 Å². The number of methoxy groups -OCH3 is 1. The maximum atomic E-state index is 12.5. The molecule has 2 aromatic carbocycles. The largest absolute Gasteiger partial charge is 0.496 e. The first-order valence-electron chi connectivity index (χ1n) is 10.3. The third kappa shape index (κ3) is 4.68. The number of rotatable bonds is 5. The van der Waals surface area contributed by atoms with Crippen molar-refractivity contribution < 1.29 is 22.4 Å². The molecular weight excluding hydrogens is 442 g/mol. The third-order valence-electron chi connectivity index (χ3n) is 5.20. The van der Waals surface area contributed by atoms with Crippen LogP contribution in [0.4, 0.5) is 5.69 Å². The van der Waals surface area contributed by atoms with Gasteiger partial charge < -0.3 is 9.15 Å². The number of sulfonamides is 1. The van der Waals surface area contributed by atoms with Gasteiger partial charge in [-0.05, 0) is 41.3 Å². The van der Waals surface area contributed by atoms with Crippen LogP contribution < -0.4 is 9.46 Å². The number of aromatic nitrogens is 1. The first-order valence-corrected chi connectivity index (χ1v) is 12.2. The van der Waals surface area contributed by atoms with Crippen molar-refractivity contribution in [2.24, 2.45) is 4.99 Å². The van der Waals surface area contributed by atoms with E-state index in [1.165, 1.54) is 0 Å². The van der Waals surface area contributed by atoms with Gasteiger partial charge in [0.1, 0.15) is 11.3 Å². The predicted molar refractivity (Wildman–Crippen MR) is 129 cm³/mol. The minimum absolute atomic E-state index is 0.295. The Morgan fingerprint density at radius 1 is 1.15 bits per heavy atom. The summed E-state index contributed by atoms with van der Waals surface area (Å²) in [6.45, 7) is 6.18. The number of benzene rings is 2. The van der Waals surface area contributed by atoms with Crippen molar-refractivity contribution in [2.45, 2.75) is 32.6 Å². The highest BCUT2D eigenvalue weighted by molar-refractivity contribution is 7.92. The van der Waals surface area contributed by atoms with Crippen molar-refractivity contribution in [2.75, 3.05) is 18.1 Å². The van der Waals surface area contributed by atoms with Gasteiger partial charge in [-0.3, -0.25) is 9.52 Å². The van der Waals surface area contributed by atoms with Crippen LogP contribution >= 0.6 is 0 Å². The van der Waals surface area contributed by atoms with Gasteiger partial charge in [-0.25, -0.2) is 18.4 Å². The number of hydrogen-bond acceptors (Lipinski definition) is 6. The number of amides is 1. The number of nitrogens with zero attached hydrogens (tertiary/aromatic N) is 2. The molecular formula is C24H25N3O5S. The molecule has 0 unspecified atom stereocenters. The predicted octanol–water partition coefficient (Wildman–Crippen LogP) is 4.56. The summed E-state index contributed by atoms with van der Waals surface area (Å²) < 4.78 is 37.4. The van der Waals surface area contributed by atoms with E-state index >= 15 is 0 Å². The summed E-state index contributed by atoms with van der Waals surface area (Å²) >= 11 is 0. The zero-order valence-electron chi connectivity index (χ0n) is 19.1. The second-order valence-electron chi connectivity index (χ2n) is 8.90. The first kappa shape index (κ1) is 22.7. The molecule has 0 fully saturated rings. The third-order valence-corrected chi connectivity index (χ3v) is 5.81. The Labute approximate surface area is 192 Å². The van der Waals surface area contributed by atoms with Gasteiger partial charge >= 0.3 is 0 Å². The lowest BCUT2D eigenvalue weighted by atomic mass is 9.82. The first-order chi connectivity index (χ1) is 15.5. The van der Waals surface area contributed by atoms with Crippen LogP contribution in [0, 0.1) is 0 Å². The Morgan fingerprint density at radius 2 is 1.91 bits per heavy atom. The van der Waals surface area contributed by atoms with Gasteiger partial charge in [-0.1, -0.05) is 26.8 Å². The molecule has 1 amide bonds. The second-order valence-corrected chi connectivity index (χ2v) is 10.6. The molecule has 33 heavy (non-hydrogen) atoms. The molecule has 0 bridgehead atoms. The van der Waals surface area contributed by atoms with Crippen LogP contribution in [0.15, 0.2) is 45.8 Å². The molecule has 0 atom stereocenters. The van der Waals surface area contributed by atoms with E-state index in [-0.39, 0.29) is 11.3 Å². The number of oxazole rings is 1. The average molecular weight is 468 g/mol. The monoisotopic (exact) mass is 467 g/mol. The summed E-state index contributed by atoms with van der Waals surface area (Å²) in [7, 11) is -1.84. The Balaban J connectivity index is 1.92. The topological polar surface area (TPSA) is 111 Å². The van der Waals surface area contributed by atoms with Crippen molar-refractivity contribution >= 4 is 44.5 Å². The standard InChI is InChI=1S/C24H25N3O5S/c1-24(2,3)18-12-14(16-7-6-10-25-22(16)28)11-17(21(18)31-4)23-26-19-13-15(27-33(5,29)30)8-9-20(19)32-23/h7-13,27H,6H2,1-5H3. The Bertz CT molecular complexity index is 1430. The molecule has 0 saturated carbocycles. The number of ether oxygens (including phenoxy) is 1. The zero-order valence-corrected chi connectivity index (χ0v) is 19.9. The van der Waals surface area contributed by atoms with Gasteiger partial charge in [0.25, 0.3) is 5.91 Å². The van der Waals surface area contributed by atoms with E-state index in [0.717, 1.165) is 11.8 Å². The fourth-order valence-corrected chi connectivity index (χ4v) is 4.30. The van der Waals surface area contributed by atoms with E-state index < -0.39 is 10.0 Å². The van der Waals surface area contributed by atoms with Gasteiger partial charge in [0, 0.05) is 23.8 Å². The van der Waals surface area contributed by atoms with Gasteiger partial charge in [0.2, 0.25) is 15.9 Å². The molecule has 1 aromatic heterocycles. The molecule has 0 radical (unpaired) electrons. The molecule has 3 aromatic rings. The Kier molecular flexibility index (Phi) is 5.61. The van der Waals surface area contributed by atoms with Crippen LogP contribution in [0.2, 0.25) is 0 Å². The molecule has 1 N–H and O–H groups in total. The van der Waals surface area contributed by atoms with Crippen molar-refractivity contribution in [1.82, 2.24) is 4.98 Å². The normalized spacial score (nSPS) is 14.5. The lowest BCUT2D eigenvalue weighted by Gasteiger charge is -2.25. The number of carbonyl (C=O) groups is 1. The van der Waals surface area contributed by atoms with Gasteiger partial charge in [0.05, 0.1) is 24.6 Å². The van der Waals surface area contributed by atoms with Gasteiger partial charge in [-0.2, -0.15) is 0 Å². The highest BCUT2D eigenvalue weighted by Gasteiger charge is 2.27. The number of anilines is 1. The summed E-state index contributed by atoms with van der Waals surface area (Å²) in [4.78, 5) is 21.0. The van der Waals surface area contributed by atoms with Crippen LogP contribution in [-0.2, 0) is 20.2 Å². The average Bonchev–Trinajstić information content (AvgIpc) is 3.14. The fraction of sp³-hybridized carbons (Fsp3) is 0.292. The number of aliphatic imine (C=N–C) groups is 1. The number of fused-ring (bicyclic) bond motifs is 1. The van der Waals surface area contributed by atoms with Crippen LogP contribution in [-0.4, -0.2) is 38.9 Å². The molecule has 2 heterocycles. The summed E-state index contributed by atoms with van der Waals surface area (Å²) in [5.74, 6) is 0.601. The highest BCUT2D eigenvalue weighted by Crippen LogP contribution is 2.42. The zero-order chi connectivity index (χ0) is 24.0. The van der Waals surface area contributed by atoms with Gasteiger partial charge in [-0.15, -0.1) is 0 Å². The van der Waals surface area contributed by atoms with Crippen molar-refractivity contribution in [1.29, 1.82) is 0 Å². The number of dihydropyridines is 1. The molecule has 8 nitrogen and oxygen atoms in total. The SMILES string of the molecule is COc1c(-c2nc3cc(NS(C)(=O)=O)ccc3o2)cc(C2=CCC=NC2=O)cc1C(C)(C)C. The Morgan fingerprint density at radius 3 is 2.55 bits per heavy atom. The maximum Gasteiger partial charge on any atom is 0.276 e. The highest BCUT2D eigenvalue weighted by atomic mass is 32.2. The van der Waals surface area contributed by atoms with E-state index in [9.17, 15) is 13.2 Å². The molecule has 1 aliphatic heterocycles. The lowest BCUT2D eigenvalue weighted by molar-refractivity contribution is -0.112. The number of hydrogen-bond donors (Lipinski definition) is 1. The smallest absolute Gasteiger partial charge is 0.276 e. The minimum atomic E-state index is -3.43. The van der Waals surface area contributed by atoms with E-state index in [4.69, 9.17) is 9.15 Å². The summed E-state index contributed by atoms with van der Waals surface area (Å²) in [5, 5.41) is 0. The van der Waals surface area contributed by atoms with Crippen LogP contribution in [0.5, 0.6) is 5.75 Å². The molecule has 0 saturated heterocycles. The summed E-state index contributed by atoms with van der Waals surface area (Å²) in [5.41, 5.74) is 3.78. The minimum Gasteiger partial charge on any atom is -0.496 e. The van der Waals surface area contributed by atoms with Crippen molar-refractivity contribution in [3.05, 3.63) is 47.5 Å². The number of carbonyl (C=O) groups excluding carboxylic acids is 1. The summed E-state index contributed by atoms with van der Waals surface area (Å²) in [6.07, 6.45) is 5.10. The number of nitrogens with one attached hydrogen (secondary N) is 1. The quantitative estimate of drug-likeness (QED) is 0.589. The van der Waals surface area contributed by atoms with Gasteiger partial charge in [0.15, 0.2) is 5.58 Å². The molecule has 1 aliphatic rings. The molecule has 4 rings (SSSR count). The van der Waals surface area contributed by atoms with Crippen LogP contribution in [0.3, 0.4) is 0 Å². The second kappa shape index (κ2) is 8.15. The lowest BCUT2D eigenvalue weighted by Crippen LogP contribution is -2.15. The fourth-order valence-electron chi connectivity index (χ4n) is 3.74. The Hall–Kier alpha value is -3.46. The molecule has 0 spiro atoms. The van der Waals surface area contributed by atoms with Crippen molar-refractivity contribution in [3.8, 4) is 17.2 Å². The number of allylic oxidation sites excluding steroid dienone is 1. The van der Waals surface area contributed by atoms with E-state index in [1.807, 2.05) is 18.2 Å². The van der Waals surface area contributed by atoms with E-state index in [2.05, 4.69) is 35.5 Å². The van der Waals surface area contributed by atoms with Crippen molar-refractivity contribution in [3.63, 3.8) is 0 Å². The van der Waals surface area contributed by atoms with E-state index in [0.29, 0.717) is 51.5 Å². The van der Waals surface area contributed by atoms with Crippen LogP contribution in [0.1, 0.15) is 38.3 Å².